The Morgan fingerprint density at radius 2 is 1.15 bits per heavy atom. The normalized spacial score (nSPS) is 13.4. The first-order chi connectivity index (χ1) is 5.83. The van der Waals surface area contributed by atoms with Crippen LogP contribution in [0.4, 0.5) is 0 Å². The molecule has 0 N–H and O–H groups in total. The average molecular weight is 381 g/mol. The fraction of sp³-hybridized carbons (Fsp3) is 1.00. The van der Waals surface area contributed by atoms with Crippen molar-refractivity contribution >= 4 is 25.1 Å². The van der Waals surface area contributed by atoms with Crippen LogP contribution in [0.2, 0.25) is 0 Å². The first-order valence-electron chi connectivity index (χ1n) is 4.94. The Labute approximate surface area is 95.9 Å². The predicted octanol–water partition coefficient (Wildman–Crippen LogP) is 2.93. The second-order valence-corrected chi connectivity index (χ2v) is 6.75. The second kappa shape index (κ2) is 5.66. The van der Waals surface area contributed by atoms with E-state index < -0.39 is 25.1 Å². The predicted molar refractivity (Wildman–Crippen MR) is 56.7 cm³/mol. The van der Waals surface area contributed by atoms with Crippen LogP contribution in [0.5, 0.6) is 0 Å². The Kier molecular flexibility index (Phi) is 6.02. The third kappa shape index (κ3) is 6.85. The van der Waals surface area contributed by atoms with Gasteiger partial charge in [-0.3, -0.25) is 0 Å². The molecule has 0 saturated heterocycles. The van der Waals surface area contributed by atoms with Gasteiger partial charge < -0.3 is 0 Å². The first kappa shape index (κ1) is 13.8. The summed E-state index contributed by atoms with van der Waals surface area (Å²) in [5.74, 6) is 0. The van der Waals surface area contributed by atoms with Gasteiger partial charge >= 0.3 is 96.1 Å². The summed E-state index contributed by atoms with van der Waals surface area (Å²) >= 11 is -1.30. The minimum absolute atomic E-state index is 0.0208. The van der Waals surface area contributed by atoms with Crippen LogP contribution in [0, 0.1) is 0 Å². The molecule has 0 aliphatic rings. The maximum atomic E-state index is 5.79. The Bertz CT molecular complexity index is 128. The molecular formula is C10H22O2Pb. The summed E-state index contributed by atoms with van der Waals surface area (Å²) in [4.78, 5) is 0. The summed E-state index contributed by atoms with van der Waals surface area (Å²) in [7, 11) is 0. The van der Waals surface area contributed by atoms with Crippen molar-refractivity contribution in [2.75, 3.05) is 0 Å². The van der Waals surface area contributed by atoms with Crippen molar-refractivity contribution in [1.29, 1.82) is 0 Å². The Morgan fingerprint density at radius 1 is 0.846 bits per heavy atom. The van der Waals surface area contributed by atoms with E-state index in [9.17, 15) is 0 Å². The Hall–Kier alpha value is 0.842. The van der Waals surface area contributed by atoms with Gasteiger partial charge in [0.1, 0.15) is 0 Å². The first-order valence-corrected chi connectivity index (χ1v) is 8.11. The van der Waals surface area contributed by atoms with Gasteiger partial charge in [-0.2, -0.15) is 0 Å². The van der Waals surface area contributed by atoms with E-state index in [0.29, 0.717) is 0 Å². The second-order valence-electron chi connectivity index (χ2n) is 4.51. The number of hydrogen-bond acceptors (Lipinski definition) is 2. The third-order valence-corrected chi connectivity index (χ3v) is 7.28. The van der Waals surface area contributed by atoms with Crippen molar-refractivity contribution in [2.24, 2.45) is 0 Å². The molecule has 0 aliphatic carbocycles. The summed E-state index contributed by atoms with van der Waals surface area (Å²) in [6.07, 6.45) is 2.10. The van der Waals surface area contributed by atoms with Gasteiger partial charge in [0.25, 0.3) is 0 Å². The van der Waals surface area contributed by atoms with Crippen molar-refractivity contribution in [2.45, 2.75) is 65.6 Å². The van der Waals surface area contributed by atoms with Crippen LogP contribution in [0.25, 0.3) is 0 Å². The molecule has 78 valence electrons. The SMILES string of the molecule is CCC(C)(C)[O][Pb][O]C(C)(C)CC. The molecule has 0 aromatic rings. The molecule has 2 nitrogen and oxygen atoms in total. The summed E-state index contributed by atoms with van der Waals surface area (Å²) in [6.45, 7) is 12.8. The molecule has 0 heterocycles. The third-order valence-electron chi connectivity index (χ3n) is 2.34. The van der Waals surface area contributed by atoms with Gasteiger partial charge in [0, 0.05) is 0 Å². The van der Waals surface area contributed by atoms with E-state index >= 15 is 0 Å². The van der Waals surface area contributed by atoms with Crippen LogP contribution in [0.1, 0.15) is 54.4 Å². The zero-order valence-corrected chi connectivity index (χ0v) is 13.6. The molecule has 0 fully saturated rings. The van der Waals surface area contributed by atoms with Gasteiger partial charge in [-0.05, 0) is 0 Å². The molecule has 0 amide bonds. The van der Waals surface area contributed by atoms with Crippen LogP contribution in [0.3, 0.4) is 0 Å². The zero-order chi connectivity index (χ0) is 10.5. The van der Waals surface area contributed by atoms with Crippen molar-refractivity contribution < 1.29 is 5.37 Å². The quantitative estimate of drug-likeness (QED) is 0.659. The zero-order valence-electron chi connectivity index (χ0n) is 9.73. The fourth-order valence-corrected chi connectivity index (χ4v) is 3.43. The standard InChI is InChI=1S/2C5H11O.Pb/c2*1-4-5(2,3)6;/h2*4H2,1-3H3;/q2*-1;+2. The van der Waals surface area contributed by atoms with Crippen LogP contribution in [0.15, 0.2) is 0 Å². The van der Waals surface area contributed by atoms with Gasteiger partial charge in [0.15, 0.2) is 0 Å². The van der Waals surface area contributed by atoms with E-state index in [0.717, 1.165) is 12.8 Å². The molecule has 3 heteroatoms. The molecular weight excluding hydrogens is 359 g/mol. The van der Waals surface area contributed by atoms with Gasteiger partial charge in [-0.15, -0.1) is 0 Å². The van der Waals surface area contributed by atoms with E-state index in [4.69, 9.17) is 5.37 Å². The summed E-state index contributed by atoms with van der Waals surface area (Å²) in [5, 5.41) is 0. The minimum atomic E-state index is -1.30. The molecule has 13 heavy (non-hydrogen) atoms. The molecule has 0 spiro atoms. The van der Waals surface area contributed by atoms with Crippen LogP contribution in [-0.4, -0.2) is 36.3 Å². The Balaban J connectivity index is 3.68. The molecule has 0 aromatic heterocycles. The number of hydrogen-bond donors (Lipinski definition) is 0. The van der Waals surface area contributed by atoms with E-state index in [-0.39, 0.29) is 11.2 Å². The summed E-state index contributed by atoms with van der Waals surface area (Å²) < 4.78 is 11.6. The number of rotatable bonds is 6. The maximum absolute atomic E-state index is 5.79. The van der Waals surface area contributed by atoms with Crippen molar-refractivity contribution in [3.05, 3.63) is 0 Å². The van der Waals surface area contributed by atoms with Crippen molar-refractivity contribution in [3.8, 4) is 0 Å². The topological polar surface area (TPSA) is 18.5 Å². The molecule has 0 rings (SSSR count). The monoisotopic (exact) mass is 382 g/mol. The van der Waals surface area contributed by atoms with Gasteiger partial charge in [0.2, 0.25) is 0 Å². The fourth-order valence-electron chi connectivity index (χ4n) is 0.391. The average Bonchev–Trinajstić information content (AvgIpc) is 2.04. The summed E-state index contributed by atoms with van der Waals surface area (Å²) in [6, 6.07) is 0. The molecule has 0 atom stereocenters. The van der Waals surface area contributed by atoms with E-state index in [2.05, 4.69) is 41.5 Å². The molecule has 0 bridgehead atoms. The Morgan fingerprint density at radius 3 is 1.38 bits per heavy atom. The van der Waals surface area contributed by atoms with Crippen LogP contribution >= 0.6 is 0 Å². The van der Waals surface area contributed by atoms with Crippen molar-refractivity contribution in [1.82, 2.24) is 0 Å². The molecule has 0 aliphatic heterocycles. The van der Waals surface area contributed by atoms with Gasteiger partial charge in [0.05, 0.1) is 0 Å². The molecule has 0 saturated carbocycles. The molecule has 0 aromatic carbocycles. The van der Waals surface area contributed by atoms with Crippen molar-refractivity contribution in [3.63, 3.8) is 0 Å². The van der Waals surface area contributed by atoms with Gasteiger partial charge in [-0.25, -0.2) is 0 Å². The van der Waals surface area contributed by atoms with Crippen LogP contribution in [-0.2, 0) is 5.37 Å². The molecule has 2 radical (unpaired) electrons. The van der Waals surface area contributed by atoms with E-state index in [1.165, 1.54) is 0 Å². The van der Waals surface area contributed by atoms with Crippen LogP contribution < -0.4 is 0 Å². The molecule has 0 unspecified atom stereocenters. The summed E-state index contributed by atoms with van der Waals surface area (Å²) in [5.41, 5.74) is 0.0415. The van der Waals surface area contributed by atoms with Gasteiger partial charge in [-0.1, -0.05) is 0 Å². The van der Waals surface area contributed by atoms with E-state index in [1.54, 1.807) is 0 Å². The van der Waals surface area contributed by atoms with E-state index in [1.807, 2.05) is 0 Å².